The van der Waals surface area contributed by atoms with Crippen molar-refractivity contribution in [3.63, 3.8) is 0 Å². The van der Waals surface area contributed by atoms with Crippen molar-refractivity contribution in [1.29, 1.82) is 0 Å². The molecule has 200 valence electrons. The van der Waals surface area contributed by atoms with E-state index in [1.807, 2.05) is 6.08 Å². The van der Waals surface area contributed by atoms with Gasteiger partial charge in [-0.15, -0.1) is 0 Å². The average Bonchev–Trinajstić information content (AvgIpc) is 3.16. The van der Waals surface area contributed by atoms with Gasteiger partial charge in [-0.1, -0.05) is 50.6 Å². The number of aliphatic hydroxyl groups is 3. The molecule has 0 saturated carbocycles. The van der Waals surface area contributed by atoms with E-state index in [4.69, 9.17) is 0 Å². The van der Waals surface area contributed by atoms with Crippen molar-refractivity contribution in [3.8, 4) is 0 Å². The monoisotopic (exact) mass is 512 g/mol. The van der Waals surface area contributed by atoms with Crippen LogP contribution in [-0.2, 0) is 19.2 Å². The zero-order valence-electron chi connectivity index (χ0n) is 21.5. The van der Waals surface area contributed by atoms with Crippen molar-refractivity contribution in [3.05, 3.63) is 71.3 Å². The molecule has 37 heavy (non-hydrogen) atoms. The minimum absolute atomic E-state index is 0.0864. The fraction of sp³-hybridized carbons (Fsp3) is 0.429. The Bertz CT molecular complexity index is 1090. The van der Waals surface area contributed by atoms with Crippen LogP contribution in [0.4, 0.5) is 0 Å². The highest BCUT2D eigenvalue weighted by molar-refractivity contribution is 6.04. The van der Waals surface area contributed by atoms with Crippen LogP contribution in [0.3, 0.4) is 0 Å². The number of carbonyl (C=O) groups excluding carboxylic acids is 4. The molecule has 9 nitrogen and oxygen atoms in total. The number of hydrogen-bond donors (Lipinski definition) is 5. The number of allylic oxidation sites excluding steroid dienone is 8. The lowest BCUT2D eigenvalue weighted by molar-refractivity contribution is -0.125. The summed E-state index contributed by atoms with van der Waals surface area (Å²) < 4.78 is 0. The summed E-state index contributed by atoms with van der Waals surface area (Å²) in [5.74, 6) is -1.44. The maximum atomic E-state index is 12.5. The third-order valence-corrected chi connectivity index (χ3v) is 6.35. The summed E-state index contributed by atoms with van der Waals surface area (Å²) in [7, 11) is 0. The van der Waals surface area contributed by atoms with E-state index in [-0.39, 0.29) is 42.2 Å². The second kappa shape index (κ2) is 13.7. The van der Waals surface area contributed by atoms with Crippen LogP contribution in [0, 0.1) is 5.92 Å². The average molecular weight is 513 g/mol. The lowest BCUT2D eigenvalue weighted by Crippen LogP contribution is -2.46. The van der Waals surface area contributed by atoms with E-state index in [0.29, 0.717) is 11.5 Å². The van der Waals surface area contributed by atoms with Crippen molar-refractivity contribution < 1.29 is 34.5 Å². The second-order valence-electron chi connectivity index (χ2n) is 9.36. The molecule has 0 bridgehead atoms. The van der Waals surface area contributed by atoms with Crippen molar-refractivity contribution >= 4 is 23.4 Å². The minimum Gasteiger partial charge on any atom is -0.510 e. The topological polar surface area (TPSA) is 153 Å². The van der Waals surface area contributed by atoms with E-state index in [1.165, 1.54) is 30.4 Å². The van der Waals surface area contributed by atoms with Gasteiger partial charge in [0.1, 0.15) is 17.1 Å². The molecule has 2 aliphatic rings. The highest BCUT2D eigenvalue weighted by atomic mass is 16.3. The zero-order valence-corrected chi connectivity index (χ0v) is 21.5. The molecule has 0 spiro atoms. The predicted octanol–water partition coefficient (Wildman–Crippen LogP) is 2.74. The second-order valence-corrected chi connectivity index (χ2v) is 9.36. The molecule has 0 aromatic carbocycles. The molecule has 3 atom stereocenters. The molecule has 2 rings (SSSR count). The highest BCUT2D eigenvalue weighted by Crippen LogP contribution is 2.26. The van der Waals surface area contributed by atoms with E-state index in [9.17, 15) is 34.5 Å². The van der Waals surface area contributed by atoms with Gasteiger partial charge in [0.2, 0.25) is 5.91 Å². The SMILES string of the molecule is CCC(C)CC/C=C(\C)C(=O)NC1=C[C@@](O)(/C=C/C=C/C=C/C(=O)NC2=C(O)CCC2=O)[C@H](O)CC1=O. The number of hydrogen-bond acceptors (Lipinski definition) is 7. The van der Waals surface area contributed by atoms with Crippen molar-refractivity contribution in [1.82, 2.24) is 10.6 Å². The van der Waals surface area contributed by atoms with Gasteiger partial charge in [-0.2, -0.15) is 0 Å². The van der Waals surface area contributed by atoms with Crippen LogP contribution in [0.5, 0.6) is 0 Å². The van der Waals surface area contributed by atoms with Gasteiger partial charge in [0.15, 0.2) is 11.6 Å². The first-order valence-corrected chi connectivity index (χ1v) is 12.4. The molecule has 2 aliphatic carbocycles. The summed E-state index contributed by atoms with van der Waals surface area (Å²) >= 11 is 0. The van der Waals surface area contributed by atoms with Gasteiger partial charge in [0.05, 0.1) is 11.8 Å². The summed E-state index contributed by atoms with van der Waals surface area (Å²) in [6.45, 7) is 5.91. The van der Waals surface area contributed by atoms with E-state index >= 15 is 0 Å². The zero-order chi connectivity index (χ0) is 27.6. The lowest BCUT2D eigenvalue weighted by Gasteiger charge is -2.31. The Kier molecular flexibility index (Phi) is 11.0. The van der Waals surface area contributed by atoms with Gasteiger partial charge < -0.3 is 26.0 Å². The quantitative estimate of drug-likeness (QED) is 0.211. The van der Waals surface area contributed by atoms with Crippen molar-refractivity contribution in [2.24, 2.45) is 5.92 Å². The fourth-order valence-corrected chi connectivity index (χ4v) is 3.65. The van der Waals surface area contributed by atoms with Gasteiger partial charge in [-0.3, -0.25) is 19.2 Å². The number of amides is 2. The van der Waals surface area contributed by atoms with Crippen molar-refractivity contribution in [2.45, 2.75) is 71.0 Å². The Balaban J connectivity index is 1.99. The first kappa shape index (κ1) is 29.7. The standard InChI is InChI=1S/C28H36N2O7/c1-4-18(2)10-9-11-19(3)27(36)29-20-17-28(37,24(34)16-23(20)33)15-8-6-5-7-12-25(35)30-26-21(31)13-14-22(26)32/h5-8,11-12,15,17-18,24,31,34,37H,4,9-10,13-14,16H2,1-3H3,(H,29,36)(H,30,35)/b6-5+,12-7+,15-8+,19-11+/t18?,24-,28+/m1/s1. The van der Waals surface area contributed by atoms with Crippen LogP contribution in [-0.4, -0.2) is 50.4 Å². The molecule has 0 aliphatic heterocycles. The first-order chi connectivity index (χ1) is 17.5. The molecule has 0 saturated heterocycles. The summed E-state index contributed by atoms with van der Waals surface area (Å²) in [6, 6.07) is 0. The fourth-order valence-electron chi connectivity index (χ4n) is 3.65. The van der Waals surface area contributed by atoms with E-state index in [0.717, 1.165) is 31.4 Å². The number of aliphatic hydroxyl groups excluding tert-OH is 2. The summed E-state index contributed by atoms with van der Waals surface area (Å²) in [4.78, 5) is 48.3. The number of ketones is 2. The number of carbonyl (C=O) groups is 4. The van der Waals surface area contributed by atoms with Crippen LogP contribution in [0.15, 0.2) is 71.3 Å². The summed E-state index contributed by atoms with van der Waals surface area (Å²) in [6.07, 6.45) is 12.5. The molecule has 0 radical (unpaired) electrons. The van der Waals surface area contributed by atoms with E-state index < -0.39 is 29.3 Å². The Morgan fingerprint density at radius 3 is 2.49 bits per heavy atom. The van der Waals surface area contributed by atoms with Gasteiger partial charge in [-0.25, -0.2) is 0 Å². The Morgan fingerprint density at radius 2 is 1.84 bits per heavy atom. The van der Waals surface area contributed by atoms with Gasteiger partial charge in [0.25, 0.3) is 5.91 Å². The Morgan fingerprint density at radius 1 is 1.14 bits per heavy atom. The highest BCUT2D eigenvalue weighted by Gasteiger charge is 2.38. The van der Waals surface area contributed by atoms with Crippen LogP contribution in [0.2, 0.25) is 0 Å². The van der Waals surface area contributed by atoms with Crippen LogP contribution in [0.25, 0.3) is 0 Å². The third kappa shape index (κ3) is 8.80. The van der Waals surface area contributed by atoms with Crippen LogP contribution >= 0.6 is 0 Å². The minimum atomic E-state index is -1.89. The number of rotatable bonds is 11. The molecule has 0 heterocycles. The molecule has 0 fully saturated rings. The smallest absolute Gasteiger partial charge is 0.251 e. The molecule has 0 aromatic heterocycles. The largest absolute Gasteiger partial charge is 0.510 e. The van der Waals surface area contributed by atoms with Crippen molar-refractivity contribution in [2.75, 3.05) is 0 Å². The molecular formula is C28H36N2O7. The van der Waals surface area contributed by atoms with Crippen LogP contribution in [0.1, 0.15) is 59.3 Å². The van der Waals surface area contributed by atoms with E-state index in [1.54, 1.807) is 6.92 Å². The summed E-state index contributed by atoms with van der Waals surface area (Å²) in [5, 5.41) is 35.6. The lowest BCUT2D eigenvalue weighted by atomic mass is 9.85. The molecule has 0 aromatic rings. The molecule has 2 amide bonds. The van der Waals surface area contributed by atoms with Gasteiger partial charge in [0, 0.05) is 30.9 Å². The summed E-state index contributed by atoms with van der Waals surface area (Å²) in [5.41, 5.74) is -1.60. The molecular weight excluding hydrogens is 476 g/mol. The first-order valence-electron chi connectivity index (χ1n) is 12.4. The van der Waals surface area contributed by atoms with Gasteiger partial charge >= 0.3 is 0 Å². The Labute approximate surface area is 217 Å². The number of nitrogens with one attached hydrogen (secondary N) is 2. The molecule has 5 N–H and O–H groups in total. The Hall–Kier alpha value is -3.56. The molecule has 1 unspecified atom stereocenters. The maximum Gasteiger partial charge on any atom is 0.251 e. The third-order valence-electron chi connectivity index (χ3n) is 6.35. The normalized spacial score (nSPS) is 23.9. The predicted molar refractivity (Wildman–Crippen MR) is 139 cm³/mol. The number of Topliss-reactive ketones (excluding diaryl/α,β-unsaturated/α-hetero) is 2. The van der Waals surface area contributed by atoms with Gasteiger partial charge in [-0.05, 0) is 37.8 Å². The van der Waals surface area contributed by atoms with E-state index in [2.05, 4.69) is 24.5 Å². The maximum absolute atomic E-state index is 12.5. The molecule has 9 heteroatoms. The van der Waals surface area contributed by atoms with Crippen LogP contribution < -0.4 is 10.6 Å².